The van der Waals surface area contributed by atoms with Crippen molar-refractivity contribution in [3.8, 4) is 5.75 Å². The number of para-hydroxylation sites is 1. The van der Waals surface area contributed by atoms with Crippen molar-refractivity contribution in [2.75, 3.05) is 18.1 Å². The van der Waals surface area contributed by atoms with E-state index in [4.69, 9.17) is 10.5 Å². The third-order valence-electron chi connectivity index (χ3n) is 2.84. The molecule has 3 heteroatoms. The van der Waals surface area contributed by atoms with E-state index < -0.39 is 0 Å². The van der Waals surface area contributed by atoms with Crippen LogP contribution in [0.2, 0.25) is 0 Å². The first-order valence-electron chi connectivity index (χ1n) is 6.48. The number of aryl methyl sites for hydroxylation is 1. The molecule has 0 fully saturated rings. The van der Waals surface area contributed by atoms with Gasteiger partial charge in [0.25, 0.3) is 0 Å². The molecule has 0 amide bonds. The molecule has 2 nitrogen and oxygen atoms in total. The largest absolute Gasteiger partial charge is 0.492 e. The maximum atomic E-state index is 5.83. The van der Waals surface area contributed by atoms with Crippen LogP contribution in [0.3, 0.4) is 0 Å². The van der Waals surface area contributed by atoms with Gasteiger partial charge in [0.05, 0.1) is 6.61 Å². The molecule has 19 heavy (non-hydrogen) atoms. The lowest BCUT2D eigenvalue weighted by Gasteiger charge is -2.10. The van der Waals surface area contributed by atoms with Gasteiger partial charge in [-0.05, 0) is 42.3 Å². The standard InChI is InChI=1S/C16H19NOS/c1-2-13-5-3-4-6-16(13)18-11-12-19-15-9-7-14(17)8-10-15/h3-10H,2,11-12,17H2,1H3. The summed E-state index contributed by atoms with van der Waals surface area (Å²) < 4.78 is 5.83. The third-order valence-corrected chi connectivity index (χ3v) is 3.82. The molecule has 2 aromatic rings. The second kappa shape index (κ2) is 7.10. The molecule has 0 saturated heterocycles. The lowest BCUT2D eigenvalue weighted by atomic mass is 10.1. The quantitative estimate of drug-likeness (QED) is 0.491. The van der Waals surface area contributed by atoms with Crippen molar-refractivity contribution in [3.05, 3.63) is 54.1 Å². The van der Waals surface area contributed by atoms with E-state index in [0.29, 0.717) is 6.61 Å². The van der Waals surface area contributed by atoms with E-state index in [-0.39, 0.29) is 0 Å². The van der Waals surface area contributed by atoms with Crippen molar-refractivity contribution in [1.29, 1.82) is 0 Å². The minimum absolute atomic E-state index is 0.714. The zero-order valence-electron chi connectivity index (χ0n) is 11.1. The van der Waals surface area contributed by atoms with Gasteiger partial charge < -0.3 is 10.5 Å². The highest BCUT2D eigenvalue weighted by atomic mass is 32.2. The molecule has 100 valence electrons. The van der Waals surface area contributed by atoms with Crippen LogP contribution in [0.15, 0.2) is 53.4 Å². The molecule has 0 heterocycles. The molecule has 0 aliphatic carbocycles. The summed E-state index contributed by atoms with van der Waals surface area (Å²) >= 11 is 1.78. The van der Waals surface area contributed by atoms with Gasteiger partial charge in [-0.3, -0.25) is 0 Å². The van der Waals surface area contributed by atoms with Crippen LogP contribution in [0.5, 0.6) is 5.75 Å². The number of anilines is 1. The Kier molecular flexibility index (Phi) is 5.16. The molecule has 0 radical (unpaired) electrons. The molecule has 0 aliphatic rings. The number of hydrogen-bond acceptors (Lipinski definition) is 3. The van der Waals surface area contributed by atoms with Crippen molar-refractivity contribution in [1.82, 2.24) is 0 Å². The van der Waals surface area contributed by atoms with Gasteiger partial charge in [0.1, 0.15) is 5.75 Å². The van der Waals surface area contributed by atoms with Crippen molar-refractivity contribution >= 4 is 17.4 Å². The predicted octanol–water partition coefficient (Wildman–Crippen LogP) is 4.00. The van der Waals surface area contributed by atoms with Gasteiger partial charge in [-0.1, -0.05) is 25.1 Å². The van der Waals surface area contributed by atoms with Gasteiger partial charge in [0, 0.05) is 16.3 Å². The molecule has 2 aromatic carbocycles. The van der Waals surface area contributed by atoms with E-state index in [2.05, 4.69) is 19.1 Å². The average molecular weight is 273 g/mol. The number of hydrogen-bond donors (Lipinski definition) is 1. The maximum absolute atomic E-state index is 5.83. The fourth-order valence-corrected chi connectivity index (χ4v) is 2.54. The number of thioether (sulfide) groups is 1. The maximum Gasteiger partial charge on any atom is 0.122 e. The minimum atomic E-state index is 0.714. The number of rotatable bonds is 6. The first kappa shape index (κ1) is 13.8. The van der Waals surface area contributed by atoms with Gasteiger partial charge in [-0.25, -0.2) is 0 Å². The fraction of sp³-hybridized carbons (Fsp3) is 0.250. The second-order valence-corrected chi connectivity index (χ2v) is 5.40. The van der Waals surface area contributed by atoms with Crippen LogP contribution in [0, 0.1) is 0 Å². The van der Waals surface area contributed by atoms with Crippen molar-refractivity contribution in [3.63, 3.8) is 0 Å². The van der Waals surface area contributed by atoms with E-state index in [9.17, 15) is 0 Å². The topological polar surface area (TPSA) is 35.2 Å². The van der Waals surface area contributed by atoms with E-state index in [1.165, 1.54) is 10.5 Å². The van der Waals surface area contributed by atoms with Gasteiger partial charge in [-0.15, -0.1) is 11.8 Å². The van der Waals surface area contributed by atoms with Gasteiger partial charge in [0.15, 0.2) is 0 Å². The first-order valence-corrected chi connectivity index (χ1v) is 7.47. The number of benzene rings is 2. The summed E-state index contributed by atoms with van der Waals surface area (Å²) in [4.78, 5) is 1.22. The monoisotopic (exact) mass is 273 g/mol. The van der Waals surface area contributed by atoms with Crippen LogP contribution < -0.4 is 10.5 Å². The van der Waals surface area contributed by atoms with Crippen molar-refractivity contribution < 1.29 is 4.74 Å². The van der Waals surface area contributed by atoms with Crippen LogP contribution in [0.1, 0.15) is 12.5 Å². The lowest BCUT2D eigenvalue weighted by molar-refractivity contribution is 0.340. The Bertz CT molecular complexity index is 510. The van der Waals surface area contributed by atoms with Crippen LogP contribution in [-0.2, 0) is 6.42 Å². The Labute approximate surface area is 119 Å². The van der Waals surface area contributed by atoms with Gasteiger partial charge >= 0.3 is 0 Å². The summed E-state index contributed by atoms with van der Waals surface area (Å²) in [6.45, 7) is 2.86. The molecule has 0 aromatic heterocycles. The van der Waals surface area contributed by atoms with E-state index in [1.807, 2.05) is 36.4 Å². The molecule has 0 spiro atoms. The Balaban J connectivity index is 1.79. The highest BCUT2D eigenvalue weighted by Crippen LogP contribution is 2.21. The molecule has 0 unspecified atom stereocenters. The smallest absolute Gasteiger partial charge is 0.122 e. The highest BCUT2D eigenvalue weighted by Gasteiger charge is 2.00. The fourth-order valence-electron chi connectivity index (χ4n) is 1.81. The molecular weight excluding hydrogens is 254 g/mol. The third kappa shape index (κ3) is 4.21. The van der Waals surface area contributed by atoms with Crippen LogP contribution in [-0.4, -0.2) is 12.4 Å². The molecule has 0 atom stereocenters. The van der Waals surface area contributed by atoms with Crippen LogP contribution >= 0.6 is 11.8 Å². The zero-order valence-corrected chi connectivity index (χ0v) is 12.0. The summed E-state index contributed by atoms with van der Waals surface area (Å²) in [7, 11) is 0. The lowest BCUT2D eigenvalue weighted by Crippen LogP contribution is -2.02. The second-order valence-electron chi connectivity index (χ2n) is 4.23. The van der Waals surface area contributed by atoms with Gasteiger partial charge in [-0.2, -0.15) is 0 Å². The molecule has 0 aliphatic heterocycles. The summed E-state index contributed by atoms with van der Waals surface area (Å²) in [5, 5.41) is 0. The number of nitrogen functional groups attached to an aromatic ring is 1. The Hall–Kier alpha value is -1.61. The molecular formula is C16H19NOS. The predicted molar refractivity (Wildman–Crippen MR) is 82.9 cm³/mol. The molecule has 2 rings (SSSR count). The molecule has 2 N–H and O–H groups in total. The molecule has 0 bridgehead atoms. The van der Waals surface area contributed by atoms with Gasteiger partial charge in [0.2, 0.25) is 0 Å². The van der Waals surface area contributed by atoms with Crippen molar-refractivity contribution in [2.24, 2.45) is 0 Å². The summed E-state index contributed by atoms with van der Waals surface area (Å²) in [6, 6.07) is 16.1. The van der Waals surface area contributed by atoms with E-state index >= 15 is 0 Å². The van der Waals surface area contributed by atoms with Crippen LogP contribution in [0.4, 0.5) is 5.69 Å². The normalized spacial score (nSPS) is 10.4. The summed E-state index contributed by atoms with van der Waals surface area (Å²) in [5.74, 6) is 1.94. The SMILES string of the molecule is CCc1ccccc1OCCSc1ccc(N)cc1. The highest BCUT2D eigenvalue weighted by molar-refractivity contribution is 7.99. The number of ether oxygens (including phenoxy) is 1. The van der Waals surface area contributed by atoms with Crippen LogP contribution in [0.25, 0.3) is 0 Å². The van der Waals surface area contributed by atoms with E-state index in [0.717, 1.165) is 23.6 Å². The van der Waals surface area contributed by atoms with E-state index in [1.54, 1.807) is 11.8 Å². The Morgan fingerprint density at radius 3 is 2.53 bits per heavy atom. The molecule has 0 saturated carbocycles. The summed E-state index contributed by atoms with van der Waals surface area (Å²) in [6.07, 6.45) is 1.00. The summed E-state index contributed by atoms with van der Waals surface area (Å²) in [5.41, 5.74) is 7.72. The minimum Gasteiger partial charge on any atom is -0.492 e. The van der Waals surface area contributed by atoms with Crippen molar-refractivity contribution in [2.45, 2.75) is 18.2 Å². The average Bonchev–Trinajstić information content (AvgIpc) is 2.46. The number of nitrogens with two attached hydrogens (primary N) is 1. The first-order chi connectivity index (χ1) is 9.29. The Morgan fingerprint density at radius 1 is 1.05 bits per heavy atom. The Morgan fingerprint density at radius 2 is 1.79 bits per heavy atom. The zero-order chi connectivity index (χ0) is 13.5.